The van der Waals surface area contributed by atoms with Crippen LogP contribution in [0.1, 0.15) is 22.9 Å². The summed E-state index contributed by atoms with van der Waals surface area (Å²) in [5.74, 6) is 1.39. The molecule has 1 aromatic heterocycles. The van der Waals surface area contributed by atoms with Crippen LogP contribution in [0.5, 0.6) is 5.75 Å². The monoisotopic (exact) mass is 548 g/mol. The van der Waals surface area contributed by atoms with Crippen molar-refractivity contribution >= 4 is 29.1 Å². The van der Waals surface area contributed by atoms with Crippen LogP contribution in [0, 0.1) is 11.3 Å². The van der Waals surface area contributed by atoms with Crippen LogP contribution in [0.4, 0.5) is 5.88 Å². The van der Waals surface area contributed by atoms with Gasteiger partial charge in [0.15, 0.2) is 0 Å². The number of hydrogen-bond acceptors (Lipinski definition) is 7. The quantitative estimate of drug-likeness (QED) is 0.252. The maximum atomic E-state index is 9.70. The predicted octanol–water partition coefficient (Wildman–Crippen LogP) is 6.58. The van der Waals surface area contributed by atoms with Gasteiger partial charge >= 0.3 is 0 Å². The molecule has 0 bridgehead atoms. The van der Waals surface area contributed by atoms with Gasteiger partial charge in [0.1, 0.15) is 18.4 Å². The van der Waals surface area contributed by atoms with Crippen molar-refractivity contribution in [2.24, 2.45) is 0 Å². The standard InChI is InChI=1S/C29H26Cl2N4O3/c30-23-9-5-20(6-10-23)27(35-13-15-36-16-14-35)18-33-29-26(17-32)34-28(38-29)21-7-11-24(12-8-21)37-19-22-3-1-2-4-25(22)31/h1-12,27,33H,13-16,18-19H2. The number of ether oxygens (including phenoxy) is 2. The summed E-state index contributed by atoms with van der Waals surface area (Å²) in [6.07, 6.45) is 0. The number of nitriles is 1. The first-order valence-electron chi connectivity index (χ1n) is 12.3. The molecule has 0 radical (unpaired) electrons. The molecule has 0 aliphatic carbocycles. The third kappa shape index (κ3) is 6.29. The number of halogens is 2. The lowest BCUT2D eigenvalue weighted by Gasteiger charge is -2.34. The molecule has 1 fully saturated rings. The predicted molar refractivity (Wildman–Crippen MR) is 148 cm³/mol. The number of aromatic nitrogens is 1. The van der Waals surface area contributed by atoms with Crippen LogP contribution >= 0.6 is 23.2 Å². The van der Waals surface area contributed by atoms with Gasteiger partial charge < -0.3 is 19.2 Å². The van der Waals surface area contributed by atoms with E-state index in [-0.39, 0.29) is 11.7 Å². The second-order valence-corrected chi connectivity index (χ2v) is 9.65. The Hall–Kier alpha value is -3.54. The van der Waals surface area contributed by atoms with Gasteiger partial charge in [-0.25, -0.2) is 0 Å². The Morgan fingerprint density at radius 1 is 1.00 bits per heavy atom. The van der Waals surface area contributed by atoms with E-state index in [4.69, 9.17) is 37.1 Å². The molecule has 1 N–H and O–H groups in total. The van der Waals surface area contributed by atoms with Crippen molar-refractivity contribution < 1.29 is 13.9 Å². The summed E-state index contributed by atoms with van der Waals surface area (Å²) in [6, 6.07) is 25.0. The van der Waals surface area contributed by atoms with Gasteiger partial charge in [-0.1, -0.05) is 53.5 Å². The number of oxazole rings is 1. The third-order valence-electron chi connectivity index (χ3n) is 6.38. The average Bonchev–Trinajstić information content (AvgIpc) is 3.38. The van der Waals surface area contributed by atoms with Gasteiger partial charge in [-0.2, -0.15) is 10.2 Å². The van der Waals surface area contributed by atoms with E-state index in [1.807, 2.05) is 72.8 Å². The molecule has 0 saturated carbocycles. The zero-order valence-electron chi connectivity index (χ0n) is 20.6. The van der Waals surface area contributed by atoms with Crippen LogP contribution in [0.25, 0.3) is 11.5 Å². The molecule has 194 valence electrons. The number of nitrogens with one attached hydrogen (secondary N) is 1. The Bertz CT molecular complexity index is 1390. The van der Waals surface area contributed by atoms with Crippen molar-refractivity contribution in [3.8, 4) is 23.3 Å². The molecule has 0 amide bonds. The fourth-order valence-electron chi connectivity index (χ4n) is 4.33. The maximum Gasteiger partial charge on any atom is 0.232 e. The molecule has 38 heavy (non-hydrogen) atoms. The lowest BCUT2D eigenvalue weighted by atomic mass is 10.0. The second-order valence-electron chi connectivity index (χ2n) is 8.81. The summed E-state index contributed by atoms with van der Waals surface area (Å²) in [7, 11) is 0. The minimum Gasteiger partial charge on any atom is -0.489 e. The Kier molecular flexibility index (Phi) is 8.47. The fraction of sp³-hybridized carbons (Fsp3) is 0.241. The van der Waals surface area contributed by atoms with Gasteiger partial charge in [-0.15, -0.1) is 0 Å². The highest BCUT2D eigenvalue weighted by Gasteiger charge is 2.24. The van der Waals surface area contributed by atoms with E-state index in [1.54, 1.807) is 0 Å². The average molecular weight is 549 g/mol. The zero-order valence-corrected chi connectivity index (χ0v) is 22.1. The molecule has 1 unspecified atom stereocenters. The molecular formula is C29H26Cl2N4O3. The Morgan fingerprint density at radius 3 is 2.45 bits per heavy atom. The van der Waals surface area contributed by atoms with Gasteiger partial charge in [0.25, 0.3) is 0 Å². The molecule has 9 heteroatoms. The minimum absolute atomic E-state index is 0.0470. The van der Waals surface area contributed by atoms with Crippen molar-refractivity contribution in [2.75, 3.05) is 38.2 Å². The first-order chi connectivity index (χ1) is 18.6. The van der Waals surface area contributed by atoms with Crippen molar-refractivity contribution in [3.05, 3.63) is 99.7 Å². The third-order valence-corrected chi connectivity index (χ3v) is 7.00. The van der Waals surface area contributed by atoms with E-state index in [1.165, 1.54) is 0 Å². The largest absolute Gasteiger partial charge is 0.489 e. The Morgan fingerprint density at radius 2 is 1.74 bits per heavy atom. The van der Waals surface area contributed by atoms with Gasteiger partial charge in [0.2, 0.25) is 17.5 Å². The summed E-state index contributed by atoms with van der Waals surface area (Å²) in [4.78, 5) is 6.76. The van der Waals surface area contributed by atoms with Gasteiger partial charge in [-0.3, -0.25) is 4.90 Å². The molecule has 0 spiro atoms. The summed E-state index contributed by atoms with van der Waals surface area (Å²) >= 11 is 12.3. The minimum atomic E-state index is 0.0470. The smallest absolute Gasteiger partial charge is 0.232 e. The molecule has 2 heterocycles. The van der Waals surface area contributed by atoms with E-state index < -0.39 is 0 Å². The SMILES string of the molecule is N#Cc1nc(-c2ccc(OCc3ccccc3Cl)cc2)oc1NCC(c1ccc(Cl)cc1)N1CCOCC1. The molecule has 5 rings (SSSR count). The van der Waals surface area contributed by atoms with Crippen LogP contribution in [0.15, 0.2) is 77.2 Å². The first kappa shape index (κ1) is 26.1. The van der Waals surface area contributed by atoms with E-state index in [0.29, 0.717) is 53.9 Å². The highest BCUT2D eigenvalue weighted by molar-refractivity contribution is 6.31. The van der Waals surface area contributed by atoms with Crippen LogP contribution in [0.3, 0.4) is 0 Å². The molecule has 3 aromatic carbocycles. The number of nitrogens with zero attached hydrogens (tertiary/aromatic N) is 3. The summed E-state index contributed by atoms with van der Waals surface area (Å²) in [5.41, 5.74) is 2.97. The fourth-order valence-corrected chi connectivity index (χ4v) is 4.65. The summed E-state index contributed by atoms with van der Waals surface area (Å²) in [6.45, 7) is 3.87. The molecule has 4 aromatic rings. The zero-order chi connectivity index (χ0) is 26.3. The lowest BCUT2D eigenvalue weighted by molar-refractivity contribution is 0.0186. The maximum absolute atomic E-state index is 9.70. The highest BCUT2D eigenvalue weighted by atomic mass is 35.5. The van der Waals surface area contributed by atoms with Gasteiger partial charge in [0, 0.05) is 40.8 Å². The topological polar surface area (TPSA) is 83.5 Å². The number of anilines is 1. The van der Waals surface area contributed by atoms with Crippen molar-refractivity contribution in [1.82, 2.24) is 9.88 Å². The van der Waals surface area contributed by atoms with Crippen molar-refractivity contribution in [1.29, 1.82) is 5.26 Å². The summed E-state index contributed by atoms with van der Waals surface area (Å²) in [5, 5.41) is 14.4. The second kappa shape index (κ2) is 12.3. The molecule has 1 aliphatic heterocycles. The van der Waals surface area contributed by atoms with Crippen LogP contribution in [0.2, 0.25) is 10.0 Å². The number of benzene rings is 3. The van der Waals surface area contributed by atoms with Crippen LogP contribution < -0.4 is 10.1 Å². The molecule has 1 atom stereocenters. The first-order valence-corrected chi connectivity index (χ1v) is 13.0. The molecule has 1 saturated heterocycles. The van der Waals surface area contributed by atoms with Crippen LogP contribution in [-0.2, 0) is 11.3 Å². The van der Waals surface area contributed by atoms with E-state index in [0.717, 1.165) is 29.8 Å². The molecule has 1 aliphatic rings. The van der Waals surface area contributed by atoms with Crippen LogP contribution in [-0.4, -0.2) is 42.7 Å². The van der Waals surface area contributed by atoms with Gasteiger partial charge in [-0.05, 0) is 48.0 Å². The molecule has 7 nitrogen and oxygen atoms in total. The van der Waals surface area contributed by atoms with Crippen molar-refractivity contribution in [2.45, 2.75) is 12.6 Å². The lowest BCUT2D eigenvalue weighted by Crippen LogP contribution is -2.41. The highest BCUT2D eigenvalue weighted by Crippen LogP contribution is 2.29. The van der Waals surface area contributed by atoms with Crippen molar-refractivity contribution in [3.63, 3.8) is 0 Å². The van der Waals surface area contributed by atoms with Gasteiger partial charge in [0.05, 0.1) is 19.3 Å². The Labute approximate surface area is 231 Å². The van der Waals surface area contributed by atoms with E-state index >= 15 is 0 Å². The molecular weight excluding hydrogens is 523 g/mol. The van der Waals surface area contributed by atoms with E-state index in [2.05, 4.69) is 21.3 Å². The number of morpholine rings is 1. The normalized spacial score (nSPS) is 14.6. The Balaban J connectivity index is 1.28. The summed E-state index contributed by atoms with van der Waals surface area (Å²) < 4.78 is 17.4. The number of rotatable bonds is 9. The number of hydrogen-bond donors (Lipinski definition) is 1. The van der Waals surface area contributed by atoms with E-state index in [9.17, 15) is 5.26 Å².